The summed E-state index contributed by atoms with van der Waals surface area (Å²) in [6.45, 7) is 2.11. The number of nitrogens with zero attached hydrogens (tertiary/aromatic N) is 1. The highest BCUT2D eigenvalue weighted by molar-refractivity contribution is 5.88. The van der Waals surface area contributed by atoms with E-state index in [9.17, 15) is 18.0 Å². The Kier molecular flexibility index (Phi) is 6.14. The molecule has 0 radical (unpaired) electrons. The fourth-order valence-corrected chi connectivity index (χ4v) is 4.87. The molecule has 1 N–H and O–H groups in total. The number of rotatable bonds is 5. The van der Waals surface area contributed by atoms with Crippen LogP contribution in [0.4, 0.5) is 13.2 Å². The summed E-state index contributed by atoms with van der Waals surface area (Å²) in [4.78, 5) is 15.5. The molecule has 2 aromatic rings. The van der Waals surface area contributed by atoms with Gasteiger partial charge in [-0.2, -0.15) is 0 Å². The zero-order valence-corrected chi connectivity index (χ0v) is 17.0. The lowest BCUT2D eigenvalue weighted by molar-refractivity contribution is -0.127. The lowest BCUT2D eigenvalue weighted by atomic mass is 9.77. The minimum atomic E-state index is -0.834. The van der Waals surface area contributed by atoms with E-state index in [0.29, 0.717) is 6.54 Å². The first kappa shape index (κ1) is 20.9. The fraction of sp³-hybridized carbons (Fsp3) is 0.458. The molecule has 0 bridgehead atoms. The molecule has 6 heteroatoms. The van der Waals surface area contributed by atoms with Crippen molar-refractivity contribution in [1.82, 2.24) is 10.2 Å². The van der Waals surface area contributed by atoms with Gasteiger partial charge in [0.1, 0.15) is 5.82 Å². The van der Waals surface area contributed by atoms with Crippen LogP contribution in [0.25, 0.3) is 0 Å². The predicted molar refractivity (Wildman–Crippen MR) is 109 cm³/mol. The van der Waals surface area contributed by atoms with Crippen LogP contribution in [0.2, 0.25) is 0 Å². The molecular weight excluding hydrogens is 389 g/mol. The molecule has 1 aliphatic carbocycles. The molecule has 2 aromatic carbocycles. The van der Waals surface area contributed by atoms with Crippen LogP contribution in [0.5, 0.6) is 0 Å². The Balaban J connectivity index is 1.36. The van der Waals surface area contributed by atoms with Crippen LogP contribution in [0, 0.1) is 17.5 Å². The molecule has 1 aliphatic heterocycles. The van der Waals surface area contributed by atoms with Crippen LogP contribution in [-0.4, -0.2) is 29.9 Å². The van der Waals surface area contributed by atoms with Gasteiger partial charge in [-0.3, -0.25) is 9.69 Å². The second-order valence-electron chi connectivity index (χ2n) is 8.57. The van der Waals surface area contributed by atoms with Gasteiger partial charge in [-0.1, -0.05) is 31.0 Å². The summed E-state index contributed by atoms with van der Waals surface area (Å²) < 4.78 is 40.3. The van der Waals surface area contributed by atoms with Gasteiger partial charge in [0.2, 0.25) is 5.91 Å². The maximum absolute atomic E-state index is 13.8. The van der Waals surface area contributed by atoms with E-state index in [0.717, 1.165) is 68.8 Å². The van der Waals surface area contributed by atoms with E-state index in [1.807, 2.05) is 6.07 Å². The number of nitrogens with one attached hydrogen (secondary N) is 1. The van der Waals surface area contributed by atoms with E-state index in [4.69, 9.17) is 0 Å². The monoisotopic (exact) mass is 416 g/mol. The summed E-state index contributed by atoms with van der Waals surface area (Å²) in [5.74, 6) is -1.96. The van der Waals surface area contributed by atoms with Crippen LogP contribution in [-0.2, 0) is 16.8 Å². The number of carbonyl (C=O) groups excluding carboxylic acids is 1. The van der Waals surface area contributed by atoms with Gasteiger partial charge in [-0.15, -0.1) is 0 Å². The van der Waals surface area contributed by atoms with Gasteiger partial charge in [-0.25, -0.2) is 13.2 Å². The highest BCUT2D eigenvalue weighted by Crippen LogP contribution is 2.41. The number of piperidine rings is 1. The van der Waals surface area contributed by atoms with Crippen molar-refractivity contribution < 1.29 is 18.0 Å². The molecule has 30 heavy (non-hydrogen) atoms. The molecule has 3 nitrogen and oxygen atoms in total. The Morgan fingerprint density at radius 3 is 2.40 bits per heavy atom. The molecule has 0 unspecified atom stereocenters. The summed E-state index contributed by atoms with van der Waals surface area (Å²) in [6.07, 6.45) is 5.03. The molecule has 0 atom stereocenters. The van der Waals surface area contributed by atoms with E-state index in [-0.39, 0.29) is 17.8 Å². The van der Waals surface area contributed by atoms with Crippen LogP contribution >= 0.6 is 0 Å². The Hall–Kier alpha value is -2.34. The number of halogens is 3. The first-order chi connectivity index (χ1) is 14.5. The molecule has 2 fully saturated rings. The molecule has 4 rings (SSSR count). The van der Waals surface area contributed by atoms with Crippen LogP contribution < -0.4 is 5.32 Å². The van der Waals surface area contributed by atoms with Crippen molar-refractivity contribution in [3.63, 3.8) is 0 Å². The first-order valence-electron chi connectivity index (χ1n) is 10.7. The van der Waals surface area contributed by atoms with Gasteiger partial charge in [0.05, 0.1) is 5.41 Å². The van der Waals surface area contributed by atoms with Crippen molar-refractivity contribution >= 4 is 5.91 Å². The second-order valence-corrected chi connectivity index (χ2v) is 8.57. The van der Waals surface area contributed by atoms with Crippen molar-refractivity contribution in [2.75, 3.05) is 13.1 Å². The summed E-state index contributed by atoms with van der Waals surface area (Å²) >= 11 is 0. The molecule has 0 spiro atoms. The third-order valence-electron chi connectivity index (χ3n) is 6.58. The SMILES string of the molecule is O=C(NC1CCN(Cc2ccc(F)c(F)c2)CC1)C1(c2cccc(F)c2)CCCC1. The van der Waals surface area contributed by atoms with Gasteiger partial charge in [0.15, 0.2) is 11.6 Å². The molecule has 0 aromatic heterocycles. The summed E-state index contributed by atoms with van der Waals surface area (Å²) in [7, 11) is 0. The third-order valence-corrected chi connectivity index (χ3v) is 6.58. The van der Waals surface area contributed by atoms with E-state index < -0.39 is 17.0 Å². The second kappa shape index (κ2) is 8.80. The number of carbonyl (C=O) groups is 1. The average Bonchev–Trinajstić information content (AvgIpc) is 3.24. The van der Waals surface area contributed by atoms with Crippen molar-refractivity contribution in [3.8, 4) is 0 Å². The van der Waals surface area contributed by atoms with Crippen molar-refractivity contribution in [3.05, 3.63) is 71.0 Å². The summed E-state index contributed by atoms with van der Waals surface area (Å²) in [5.41, 5.74) is 0.880. The van der Waals surface area contributed by atoms with E-state index in [2.05, 4.69) is 10.2 Å². The number of hydrogen-bond donors (Lipinski definition) is 1. The molecule has 2 aliphatic rings. The van der Waals surface area contributed by atoms with Gasteiger partial charge < -0.3 is 5.32 Å². The average molecular weight is 416 g/mol. The summed E-state index contributed by atoms with van der Waals surface area (Å²) in [5, 5.41) is 3.22. The minimum absolute atomic E-state index is 0.00431. The van der Waals surface area contributed by atoms with Crippen LogP contribution in [0.15, 0.2) is 42.5 Å². The molecule has 1 saturated heterocycles. The number of hydrogen-bond acceptors (Lipinski definition) is 2. The van der Waals surface area contributed by atoms with Crippen molar-refractivity contribution in [2.24, 2.45) is 0 Å². The Morgan fingerprint density at radius 1 is 1.00 bits per heavy atom. The first-order valence-corrected chi connectivity index (χ1v) is 10.7. The van der Waals surface area contributed by atoms with Crippen LogP contribution in [0.1, 0.15) is 49.7 Å². The maximum atomic E-state index is 13.8. The fourth-order valence-electron chi connectivity index (χ4n) is 4.87. The molecular formula is C24H27F3N2O. The zero-order chi connectivity index (χ0) is 21.1. The van der Waals surface area contributed by atoms with Gasteiger partial charge >= 0.3 is 0 Å². The smallest absolute Gasteiger partial charge is 0.230 e. The highest BCUT2D eigenvalue weighted by atomic mass is 19.2. The molecule has 1 saturated carbocycles. The number of likely N-dealkylation sites (tertiary alicyclic amines) is 1. The number of benzene rings is 2. The topological polar surface area (TPSA) is 32.3 Å². The highest BCUT2D eigenvalue weighted by Gasteiger charge is 2.43. The van der Waals surface area contributed by atoms with Gasteiger partial charge in [0.25, 0.3) is 0 Å². The largest absolute Gasteiger partial charge is 0.353 e. The van der Waals surface area contributed by atoms with E-state index in [1.165, 1.54) is 18.2 Å². The van der Waals surface area contributed by atoms with Gasteiger partial charge in [0, 0.05) is 25.7 Å². The molecule has 1 amide bonds. The normalized spacial score (nSPS) is 19.7. The molecule has 160 valence electrons. The molecule has 1 heterocycles. The van der Waals surface area contributed by atoms with Crippen LogP contribution in [0.3, 0.4) is 0 Å². The predicted octanol–water partition coefficient (Wildman–Crippen LogP) is 4.70. The van der Waals surface area contributed by atoms with Crippen molar-refractivity contribution in [1.29, 1.82) is 0 Å². The Bertz CT molecular complexity index is 903. The Labute approximate surface area is 175 Å². The van der Waals surface area contributed by atoms with Crippen molar-refractivity contribution in [2.45, 2.75) is 56.5 Å². The summed E-state index contributed by atoms with van der Waals surface area (Å²) in [6, 6.07) is 10.5. The maximum Gasteiger partial charge on any atom is 0.230 e. The lowest BCUT2D eigenvalue weighted by Crippen LogP contribution is -2.50. The minimum Gasteiger partial charge on any atom is -0.353 e. The Morgan fingerprint density at radius 2 is 1.73 bits per heavy atom. The number of amides is 1. The standard InChI is InChI=1S/C24H27F3N2O/c25-19-5-3-4-18(15-19)24(10-1-2-11-24)23(30)28-20-8-12-29(13-9-20)16-17-6-7-21(26)22(27)14-17/h3-7,14-15,20H,1-2,8-13,16H2,(H,28,30). The van der Waals surface area contributed by atoms with E-state index in [1.54, 1.807) is 12.1 Å². The quantitative estimate of drug-likeness (QED) is 0.767. The van der Waals surface area contributed by atoms with E-state index >= 15 is 0 Å². The third kappa shape index (κ3) is 4.38. The van der Waals surface area contributed by atoms with Gasteiger partial charge in [-0.05, 0) is 61.1 Å². The zero-order valence-electron chi connectivity index (χ0n) is 17.0. The lowest BCUT2D eigenvalue weighted by Gasteiger charge is -2.35.